The Kier molecular flexibility index (Phi) is 4.99. The molecule has 0 fully saturated rings. The van der Waals surface area contributed by atoms with Crippen molar-refractivity contribution in [3.05, 3.63) is 84.7 Å². The van der Waals surface area contributed by atoms with Gasteiger partial charge in [0.25, 0.3) is 0 Å². The lowest BCUT2D eigenvalue weighted by atomic mass is 10.1. The number of para-hydroxylation sites is 1. The second-order valence-electron chi connectivity index (χ2n) is 6.41. The topological polar surface area (TPSA) is 81.2 Å². The molecule has 6 heteroatoms. The molecule has 29 heavy (non-hydrogen) atoms. The molecule has 0 aliphatic carbocycles. The number of nitrogens with one attached hydrogen (secondary N) is 1. The summed E-state index contributed by atoms with van der Waals surface area (Å²) in [4.78, 5) is 32.8. The molecule has 0 spiro atoms. The molecule has 0 radical (unpaired) electrons. The van der Waals surface area contributed by atoms with E-state index in [1.165, 1.54) is 6.92 Å². The zero-order valence-corrected chi connectivity index (χ0v) is 15.6. The van der Waals surface area contributed by atoms with Gasteiger partial charge in [-0.2, -0.15) is 0 Å². The van der Waals surface area contributed by atoms with Gasteiger partial charge in [0, 0.05) is 36.0 Å². The average Bonchev–Trinajstić information content (AvgIpc) is 2.74. The number of carbonyl (C=O) groups is 2. The number of pyridine rings is 2. The van der Waals surface area contributed by atoms with Gasteiger partial charge in [0.05, 0.1) is 16.8 Å². The number of carbonyl (C=O) groups excluding carboxylic acids is 2. The minimum Gasteiger partial charge on any atom is -0.423 e. The number of ether oxygens (including phenoxy) is 1. The third-order valence-electron chi connectivity index (χ3n) is 4.28. The third-order valence-corrected chi connectivity index (χ3v) is 4.28. The predicted molar refractivity (Wildman–Crippen MR) is 111 cm³/mol. The van der Waals surface area contributed by atoms with Crippen molar-refractivity contribution in [3.8, 4) is 17.0 Å². The van der Waals surface area contributed by atoms with Crippen LogP contribution in [-0.4, -0.2) is 21.8 Å². The molecule has 0 aliphatic rings. The van der Waals surface area contributed by atoms with Gasteiger partial charge in [0.1, 0.15) is 5.75 Å². The van der Waals surface area contributed by atoms with Crippen LogP contribution in [0.1, 0.15) is 17.3 Å². The summed E-state index contributed by atoms with van der Waals surface area (Å²) in [6.45, 7) is 1.43. The van der Waals surface area contributed by atoms with Crippen LogP contribution >= 0.6 is 0 Å². The number of aromatic nitrogens is 2. The van der Waals surface area contributed by atoms with E-state index in [2.05, 4.69) is 15.3 Å². The zero-order valence-electron chi connectivity index (χ0n) is 15.6. The average molecular weight is 383 g/mol. The van der Waals surface area contributed by atoms with E-state index in [4.69, 9.17) is 4.74 Å². The number of amides is 1. The molecule has 4 aromatic rings. The minimum absolute atomic E-state index is 0.166. The molecule has 1 N–H and O–H groups in total. The minimum atomic E-state index is -0.485. The Morgan fingerprint density at radius 2 is 1.76 bits per heavy atom. The molecule has 1 amide bonds. The monoisotopic (exact) mass is 383 g/mol. The number of anilines is 1. The molecule has 0 unspecified atom stereocenters. The van der Waals surface area contributed by atoms with Crippen LogP contribution in [0, 0.1) is 0 Å². The molecule has 4 rings (SSSR count). The highest BCUT2D eigenvalue weighted by Gasteiger charge is 2.16. The van der Waals surface area contributed by atoms with Crippen LogP contribution in [-0.2, 0) is 4.79 Å². The van der Waals surface area contributed by atoms with Crippen LogP contribution in [0.2, 0.25) is 0 Å². The largest absolute Gasteiger partial charge is 0.423 e. The molecular weight excluding hydrogens is 366 g/mol. The fourth-order valence-electron chi connectivity index (χ4n) is 2.98. The fraction of sp³-hybridized carbons (Fsp3) is 0.0435. The van der Waals surface area contributed by atoms with E-state index in [-0.39, 0.29) is 5.91 Å². The number of hydrogen-bond donors (Lipinski definition) is 1. The Balaban J connectivity index is 1.69. The molecule has 0 aliphatic heterocycles. The maximum Gasteiger partial charge on any atom is 0.344 e. The van der Waals surface area contributed by atoms with E-state index >= 15 is 0 Å². The number of hydrogen-bond acceptors (Lipinski definition) is 5. The summed E-state index contributed by atoms with van der Waals surface area (Å²) >= 11 is 0. The van der Waals surface area contributed by atoms with Crippen LogP contribution in [0.4, 0.5) is 5.69 Å². The van der Waals surface area contributed by atoms with Crippen molar-refractivity contribution < 1.29 is 14.3 Å². The van der Waals surface area contributed by atoms with Crippen LogP contribution in [0.15, 0.2) is 79.1 Å². The van der Waals surface area contributed by atoms with Crippen molar-refractivity contribution in [2.24, 2.45) is 0 Å². The van der Waals surface area contributed by atoms with Gasteiger partial charge in [-0.3, -0.25) is 9.78 Å². The first-order valence-electron chi connectivity index (χ1n) is 9.00. The maximum absolute atomic E-state index is 12.9. The highest BCUT2D eigenvalue weighted by Crippen LogP contribution is 2.26. The molecule has 0 saturated carbocycles. The normalized spacial score (nSPS) is 10.5. The molecule has 0 bridgehead atoms. The van der Waals surface area contributed by atoms with E-state index in [0.29, 0.717) is 33.6 Å². The Labute approximate surface area is 167 Å². The lowest BCUT2D eigenvalue weighted by Crippen LogP contribution is -2.10. The Morgan fingerprint density at radius 1 is 0.966 bits per heavy atom. The van der Waals surface area contributed by atoms with Gasteiger partial charge in [-0.05, 0) is 48.5 Å². The lowest BCUT2D eigenvalue weighted by Gasteiger charge is -2.10. The number of esters is 1. The van der Waals surface area contributed by atoms with Gasteiger partial charge < -0.3 is 10.1 Å². The van der Waals surface area contributed by atoms with Crippen molar-refractivity contribution in [1.82, 2.24) is 9.97 Å². The van der Waals surface area contributed by atoms with E-state index in [9.17, 15) is 9.59 Å². The van der Waals surface area contributed by atoms with Gasteiger partial charge in [-0.15, -0.1) is 0 Å². The summed E-state index contributed by atoms with van der Waals surface area (Å²) in [7, 11) is 0. The first kappa shape index (κ1) is 18.3. The summed E-state index contributed by atoms with van der Waals surface area (Å²) in [5.74, 6) is -0.269. The van der Waals surface area contributed by atoms with Crippen LogP contribution in [0.5, 0.6) is 5.75 Å². The van der Waals surface area contributed by atoms with Gasteiger partial charge in [0.15, 0.2) is 0 Å². The van der Waals surface area contributed by atoms with Crippen molar-refractivity contribution in [2.45, 2.75) is 6.92 Å². The highest BCUT2D eigenvalue weighted by atomic mass is 16.5. The van der Waals surface area contributed by atoms with E-state index in [0.717, 1.165) is 5.56 Å². The molecule has 0 saturated heterocycles. The number of nitrogens with zero attached hydrogens (tertiary/aromatic N) is 2. The molecular formula is C23H17N3O3. The van der Waals surface area contributed by atoms with E-state index in [1.54, 1.807) is 42.7 Å². The number of fused-ring (bicyclic) bond motifs is 1. The van der Waals surface area contributed by atoms with Gasteiger partial charge in [-0.25, -0.2) is 9.78 Å². The third kappa shape index (κ3) is 4.11. The molecule has 2 heterocycles. The van der Waals surface area contributed by atoms with Crippen molar-refractivity contribution in [2.75, 3.05) is 5.32 Å². The number of rotatable bonds is 4. The Bertz CT molecular complexity index is 1190. The smallest absolute Gasteiger partial charge is 0.344 e. The van der Waals surface area contributed by atoms with Crippen LogP contribution < -0.4 is 10.1 Å². The second kappa shape index (κ2) is 7.90. The zero-order chi connectivity index (χ0) is 20.2. The quantitative estimate of drug-likeness (QED) is 0.415. The van der Waals surface area contributed by atoms with Crippen LogP contribution in [0.25, 0.3) is 22.2 Å². The van der Waals surface area contributed by atoms with Crippen molar-refractivity contribution >= 4 is 28.5 Å². The summed E-state index contributed by atoms with van der Waals surface area (Å²) < 4.78 is 5.56. The fourth-order valence-corrected chi connectivity index (χ4v) is 2.98. The summed E-state index contributed by atoms with van der Waals surface area (Å²) in [5.41, 5.74) is 3.20. The summed E-state index contributed by atoms with van der Waals surface area (Å²) in [5, 5.41) is 3.38. The maximum atomic E-state index is 12.9. The standard InChI is InChI=1S/C23H17N3O3/c1-15(27)25-17-8-10-18(11-9-17)29-23(28)20-13-22(16-5-4-12-24-14-16)26-21-7-3-2-6-19(20)21/h2-14H,1H3,(H,25,27). The van der Waals surface area contributed by atoms with E-state index < -0.39 is 5.97 Å². The van der Waals surface area contributed by atoms with Crippen molar-refractivity contribution in [3.63, 3.8) is 0 Å². The predicted octanol–water partition coefficient (Wildman–Crippen LogP) is 4.47. The summed E-state index contributed by atoms with van der Waals surface area (Å²) in [6, 6.07) is 19.5. The SMILES string of the molecule is CC(=O)Nc1ccc(OC(=O)c2cc(-c3cccnc3)nc3ccccc23)cc1. The molecule has 2 aromatic carbocycles. The molecule has 6 nitrogen and oxygen atoms in total. The Hall–Kier alpha value is -4.06. The Morgan fingerprint density at radius 3 is 2.48 bits per heavy atom. The molecule has 142 valence electrons. The van der Waals surface area contributed by atoms with Gasteiger partial charge in [-0.1, -0.05) is 18.2 Å². The first-order valence-corrected chi connectivity index (χ1v) is 9.00. The van der Waals surface area contributed by atoms with Gasteiger partial charge >= 0.3 is 5.97 Å². The lowest BCUT2D eigenvalue weighted by molar-refractivity contribution is -0.114. The first-order chi connectivity index (χ1) is 14.1. The second-order valence-corrected chi connectivity index (χ2v) is 6.41. The highest BCUT2D eigenvalue weighted by molar-refractivity contribution is 6.05. The van der Waals surface area contributed by atoms with E-state index in [1.807, 2.05) is 36.4 Å². The summed E-state index contributed by atoms with van der Waals surface area (Å²) in [6.07, 6.45) is 3.39. The van der Waals surface area contributed by atoms with Crippen molar-refractivity contribution in [1.29, 1.82) is 0 Å². The molecule has 0 atom stereocenters. The van der Waals surface area contributed by atoms with Crippen LogP contribution in [0.3, 0.4) is 0 Å². The van der Waals surface area contributed by atoms with Gasteiger partial charge in [0.2, 0.25) is 5.91 Å². The number of benzene rings is 2. The molecule has 2 aromatic heterocycles.